The van der Waals surface area contributed by atoms with Crippen LogP contribution >= 0.6 is 0 Å². The van der Waals surface area contributed by atoms with Gasteiger partial charge in [0, 0.05) is 13.2 Å². The molecule has 0 spiro atoms. The first-order valence-corrected chi connectivity index (χ1v) is 4.54. The van der Waals surface area contributed by atoms with Crippen LogP contribution in [0.3, 0.4) is 0 Å². The van der Waals surface area contributed by atoms with Crippen LogP contribution in [-0.2, 0) is 4.74 Å². The summed E-state index contributed by atoms with van der Waals surface area (Å²) in [7, 11) is 0. The standard InChI is InChI=1S/C9H19NO2/c1-8(2)7-10-9(3,12-8)5-4-6-11/h10-11H,4-7H2,1-3H3. The molecule has 12 heavy (non-hydrogen) atoms. The molecule has 0 aromatic heterocycles. The fourth-order valence-corrected chi connectivity index (χ4v) is 1.64. The van der Waals surface area contributed by atoms with Gasteiger partial charge in [-0.3, -0.25) is 5.32 Å². The summed E-state index contributed by atoms with van der Waals surface area (Å²) in [6.45, 7) is 7.31. The van der Waals surface area contributed by atoms with Gasteiger partial charge in [0.2, 0.25) is 0 Å². The molecule has 1 atom stereocenters. The van der Waals surface area contributed by atoms with E-state index in [1.54, 1.807) is 0 Å². The van der Waals surface area contributed by atoms with Gasteiger partial charge in [-0.1, -0.05) is 0 Å². The highest BCUT2D eigenvalue weighted by Gasteiger charge is 2.39. The smallest absolute Gasteiger partial charge is 0.117 e. The van der Waals surface area contributed by atoms with Crippen molar-refractivity contribution in [2.24, 2.45) is 0 Å². The Morgan fingerprint density at radius 3 is 2.50 bits per heavy atom. The van der Waals surface area contributed by atoms with Gasteiger partial charge in [-0.25, -0.2) is 0 Å². The van der Waals surface area contributed by atoms with Crippen molar-refractivity contribution in [3.8, 4) is 0 Å². The SMILES string of the molecule is CC1(C)CNC(C)(CCCO)O1. The number of hydrogen-bond donors (Lipinski definition) is 2. The monoisotopic (exact) mass is 173 g/mol. The number of aliphatic hydroxyl groups excluding tert-OH is 1. The largest absolute Gasteiger partial charge is 0.396 e. The lowest BCUT2D eigenvalue weighted by Gasteiger charge is -2.26. The van der Waals surface area contributed by atoms with Crippen molar-refractivity contribution in [3.63, 3.8) is 0 Å². The average molecular weight is 173 g/mol. The third kappa shape index (κ3) is 2.44. The van der Waals surface area contributed by atoms with Gasteiger partial charge < -0.3 is 9.84 Å². The second-order valence-electron chi connectivity index (χ2n) is 4.27. The Morgan fingerprint density at radius 1 is 1.42 bits per heavy atom. The van der Waals surface area contributed by atoms with E-state index in [9.17, 15) is 0 Å². The molecule has 1 rings (SSSR count). The first-order chi connectivity index (χ1) is 5.47. The fourth-order valence-electron chi connectivity index (χ4n) is 1.64. The molecule has 0 aromatic rings. The van der Waals surface area contributed by atoms with Gasteiger partial charge >= 0.3 is 0 Å². The second kappa shape index (κ2) is 3.32. The zero-order valence-electron chi connectivity index (χ0n) is 8.18. The molecule has 1 aliphatic heterocycles. The predicted octanol–water partition coefficient (Wildman–Crippen LogP) is 0.873. The molecule has 0 aliphatic carbocycles. The molecule has 1 saturated heterocycles. The highest BCUT2D eigenvalue weighted by molar-refractivity contribution is 4.89. The van der Waals surface area contributed by atoms with Crippen LogP contribution in [0, 0.1) is 0 Å². The van der Waals surface area contributed by atoms with Crippen molar-refractivity contribution in [3.05, 3.63) is 0 Å². The van der Waals surface area contributed by atoms with E-state index in [1.807, 2.05) is 6.92 Å². The number of nitrogens with one attached hydrogen (secondary N) is 1. The Bertz CT molecular complexity index is 159. The van der Waals surface area contributed by atoms with Crippen molar-refractivity contribution in [1.29, 1.82) is 0 Å². The first kappa shape index (κ1) is 9.96. The summed E-state index contributed by atoms with van der Waals surface area (Å²) in [5, 5.41) is 12.0. The summed E-state index contributed by atoms with van der Waals surface area (Å²) in [4.78, 5) is 0. The van der Waals surface area contributed by atoms with E-state index in [1.165, 1.54) is 0 Å². The summed E-state index contributed by atoms with van der Waals surface area (Å²) in [6, 6.07) is 0. The van der Waals surface area contributed by atoms with E-state index in [0.29, 0.717) is 0 Å². The lowest BCUT2D eigenvalue weighted by Crippen LogP contribution is -2.37. The van der Waals surface area contributed by atoms with Crippen molar-refractivity contribution < 1.29 is 9.84 Å². The zero-order valence-corrected chi connectivity index (χ0v) is 8.18. The summed E-state index contributed by atoms with van der Waals surface area (Å²) in [5.41, 5.74) is -0.295. The molecule has 1 aliphatic rings. The number of rotatable bonds is 3. The molecule has 0 aromatic carbocycles. The Morgan fingerprint density at radius 2 is 2.08 bits per heavy atom. The number of aliphatic hydroxyl groups is 1. The van der Waals surface area contributed by atoms with Crippen molar-refractivity contribution in [2.75, 3.05) is 13.2 Å². The summed E-state index contributed by atoms with van der Waals surface area (Å²) in [6.07, 6.45) is 1.66. The minimum absolute atomic E-state index is 0.0653. The van der Waals surface area contributed by atoms with Crippen LogP contribution in [0.15, 0.2) is 0 Å². The minimum Gasteiger partial charge on any atom is -0.396 e. The lowest BCUT2D eigenvalue weighted by molar-refractivity contribution is -0.0855. The molecule has 0 amide bonds. The van der Waals surface area contributed by atoms with Gasteiger partial charge in [0.1, 0.15) is 5.72 Å². The van der Waals surface area contributed by atoms with E-state index >= 15 is 0 Å². The summed E-state index contributed by atoms with van der Waals surface area (Å²) in [5.74, 6) is 0. The van der Waals surface area contributed by atoms with Crippen LogP contribution in [-0.4, -0.2) is 29.6 Å². The molecule has 0 saturated carbocycles. The van der Waals surface area contributed by atoms with E-state index < -0.39 is 0 Å². The third-order valence-corrected chi connectivity index (χ3v) is 2.20. The molecule has 0 radical (unpaired) electrons. The second-order valence-corrected chi connectivity index (χ2v) is 4.27. The highest BCUT2D eigenvalue weighted by Crippen LogP contribution is 2.28. The average Bonchev–Trinajstić information content (AvgIpc) is 2.23. The Balaban J connectivity index is 2.41. The highest BCUT2D eigenvalue weighted by atomic mass is 16.5. The van der Waals surface area contributed by atoms with E-state index in [2.05, 4.69) is 19.2 Å². The first-order valence-electron chi connectivity index (χ1n) is 4.54. The summed E-state index contributed by atoms with van der Waals surface area (Å²) >= 11 is 0. The predicted molar refractivity (Wildman–Crippen MR) is 47.9 cm³/mol. The van der Waals surface area contributed by atoms with Crippen LogP contribution in [0.2, 0.25) is 0 Å². The van der Waals surface area contributed by atoms with Crippen LogP contribution in [0.5, 0.6) is 0 Å². The van der Waals surface area contributed by atoms with Crippen molar-refractivity contribution in [1.82, 2.24) is 5.32 Å². The van der Waals surface area contributed by atoms with Gasteiger partial charge in [-0.2, -0.15) is 0 Å². The van der Waals surface area contributed by atoms with Gasteiger partial charge in [-0.15, -0.1) is 0 Å². The molecule has 3 nitrogen and oxygen atoms in total. The third-order valence-electron chi connectivity index (χ3n) is 2.20. The Labute approximate surface area is 74.1 Å². The van der Waals surface area contributed by atoms with Crippen LogP contribution < -0.4 is 5.32 Å². The van der Waals surface area contributed by atoms with Crippen LogP contribution in [0.4, 0.5) is 0 Å². The lowest BCUT2D eigenvalue weighted by atomic mass is 10.1. The maximum absolute atomic E-state index is 8.69. The molecule has 1 unspecified atom stereocenters. The molecule has 72 valence electrons. The molecular formula is C9H19NO2. The zero-order chi connectivity index (χ0) is 9.24. The van der Waals surface area contributed by atoms with E-state index in [-0.39, 0.29) is 17.9 Å². The molecule has 3 heteroatoms. The quantitative estimate of drug-likeness (QED) is 0.665. The van der Waals surface area contributed by atoms with E-state index in [4.69, 9.17) is 9.84 Å². The Kier molecular flexibility index (Phi) is 2.76. The van der Waals surface area contributed by atoms with Gasteiger partial charge in [0.25, 0.3) is 0 Å². The molecular weight excluding hydrogens is 154 g/mol. The molecule has 1 heterocycles. The van der Waals surface area contributed by atoms with Gasteiger partial charge in [-0.05, 0) is 33.6 Å². The van der Waals surface area contributed by atoms with Crippen molar-refractivity contribution in [2.45, 2.75) is 44.9 Å². The van der Waals surface area contributed by atoms with Gasteiger partial charge in [0.15, 0.2) is 0 Å². The van der Waals surface area contributed by atoms with Gasteiger partial charge in [0.05, 0.1) is 5.60 Å². The Hall–Kier alpha value is -0.120. The number of ether oxygens (including phenoxy) is 1. The van der Waals surface area contributed by atoms with Crippen LogP contribution in [0.1, 0.15) is 33.6 Å². The van der Waals surface area contributed by atoms with E-state index in [0.717, 1.165) is 19.4 Å². The maximum atomic E-state index is 8.69. The van der Waals surface area contributed by atoms with Crippen molar-refractivity contribution >= 4 is 0 Å². The summed E-state index contributed by atoms with van der Waals surface area (Å²) < 4.78 is 5.82. The maximum Gasteiger partial charge on any atom is 0.117 e. The van der Waals surface area contributed by atoms with Crippen LogP contribution in [0.25, 0.3) is 0 Å². The fraction of sp³-hybridized carbons (Fsp3) is 1.00. The normalized spacial score (nSPS) is 34.0. The number of hydrogen-bond acceptors (Lipinski definition) is 3. The topological polar surface area (TPSA) is 41.5 Å². The minimum atomic E-state index is -0.230. The molecule has 0 bridgehead atoms. The molecule has 2 N–H and O–H groups in total. The molecule has 1 fully saturated rings.